The Balaban J connectivity index is 1.68. The minimum absolute atomic E-state index is 0.149. The molecule has 27 heavy (non-hydrogen) atoms. The van der Waals surface area contributed by atoms with E-state index in [2.05, 4.69) is 15.9 Å². The van der Waals surface area contributed by atoms with Crippen molar-refractivity contribution in [3.8, 4) is 5.75 Å². The Bertz CT molecular complexity index is 736. The fourth-order valence-corrected chi connectivity index (χ4v) is 4.20. The van der Waals surface area contributed by atoms with E-state index in [4.69, 9.17) is 9.47 Å². The number of ether oxygens (including phenoxy) is 2. The summed E-state index contributed by atoms with van der Waals surface area (Å²) in [6.07, 6.45) is 1.87. The Hall–Kier alpha value is -1.76. The first kappa shape index (κ1) is 20.0. The number of piperidine rings is 1. The monoisotopic (exact) mass is 438 g/mol. The second kappa shape index (κ2) is 7.34. The molecule has 1 aromatic rings. The van der Waals surface area contributed by atoms with Crippen LogP contribution >= 0.6 is 15.9 Å². The molecule has 1 aromatic carbocycles. The summed E-state index contributed by atoms with van der Waals surface area (Å²) in [6.45, 7) is 7.38. The quantitative estimate of drug-likeness (QED) is 0.693. The van der Waals surface area contributed by atoms with Gasteiger partial charge in [0.25, 0.3) is 0 Å². The number of methoxy groups -OCH3 is 1. The van der Waals surface area contributed by atoms with E-state index in [1.807, 2.05) is 43.9 Å². The molecule has 2 aliphatic heterocycles. The number of hydrogen-bond donors (Lipinski definition) is 0. The van der Waals surface area contributed by atoms with Gasteiger partial charge in [-0.25, -0.2) is 4.79 Å². The van der Waals surface area contributed by atoms with Gasteiger partial charge in [-0.15, -0.1) is 0 Å². The van der Waals surface area contributed by atoms with Gasteiger partial charge in [-0.2, -0.15) is 0 Å². The molecule has 0 atom stereocenters. The molecule has 0 bridgehead atoms. The third-order valence-corrected chi connectivity index (χ3v) is 5.99. The minimum Gasteiger partial charge on any atom is -0.495 e. The first-order valence-electron chi connectivity index (χ1n) is 9.29. The first-order chi connectivity index (χ1) is 12.6. The summed E-state index contributed by atoms with van der Waals surface area (Å²) < 4.78 is 11.7. The van der Waals surface area contributed by atoms with Crippen LogP contribution in [0, 0.1) is 5.41 Å². The lowest BCUT2D eigenvalue weighted by atomic mass is 9.77. The van der Waals surface area contributed by atoms with Gasteiger partial charge in [0, 0.05) is 31.4 Å². The van der Waals surface area contributed by atoms with E-state index in [1.165, 1.54) is 0 Å². The van der Waals surface area contributed by atoms with Gasteiger partial charge in [-0.1, -0.05) is 0 Å². The third kappa shape index (κ3) is 4.08. The van der Waals surface area contributed by atoms with Crippen molar-refractivity contribution in [1.82, 2.24) is 4.90 Å². The Labute approximate surface area is 168 Å². The van der Waals surface area contributed by atoms with Crippen LogP contribution in [0.4, 0.5) is 10.5 Å². The Morgan fingerprint density at radius 2 is 1.78 bits per heavy atom. The van der Waals surface area contributed by atoms with Gasteiger partial charge in [0.05, 0.1) is 17.0 Å². The summed E-state index contributed by atoms with van der Waals surface area (Å²) in [5, 5.41) is 0. The van der Waals surface area contributed by atoms with E-state index in [9.17, 15) is 9.59 Å². The normalized spacial score (nSPS) is 19.5. The van der Waals surface area contributed by atoms with Gasteiger partial charge in [-0.05, 0) is 68.1 Å². The van der Waals surface area contributed by atoms with E-state index in [0.717, 1.165) is 16.6 Å². The molecule has 2 aliphatic rings. The Morgan fingerprint density at radius 3 is 2.37 bits per heavy atom. The van der Waals surface area contributed by atoms with Crippen LogP contribution in [0.25, 0.3) is 0 Å². The molecular formula is C20H27BrN2O4. The smallest absolute Gasteiger partial charge is 0.410 e. The lowest BCUT2D eigenvalue weighted by Crippen LogP contribution is -2.48. The van der Waals surface area contributed by atoms with E-state index in [-0.39, 0.29) is 17.4 Å². The number of benzene rings is 1. The second-order valence-corrected chi connectivity index (χ2v) is 9.13. The summed E-state index contributed by atoms with van der Waals surface area (Å²) >= 11 is 3.45. The molecular weight excluding hydrogens is 412 g/mol. The predicted molar refractivity (Wildman–Crippen MR) is 107 cm³/mol. The van der Waals surface area contributed by atoms with Crippen LogP contribution in [0.1, 0.15) is 40.0 Å². The molecule has 7 heteroatoms. The van der Waals surface area contributed by atoms with E-state index < -0.39 is 5.60 Å². The van der Waals surface area contributed by atoms with Gasteiger partial charge < -0.3 is 19.3 Å². The lowest BCUT2D eigenvalue weighted by molar-refractivity contribution is -0.128. The van der Waals surface area contributed by atoms with Gasteiger partial charge in [-0.3, -0.25) is 4.79 Å². The molecule has 1 spiro atoms. The van der Waals surface area contributed by atoms with Crippen LogP contribution in [-0.2, 0) is 9.53 Å². The summed E-state index contributed by atoms with van der Waals surface area (Å²) in [4.78, 5) is 29.1. The maximum Gasteiger partial charge on any atom is 0.410 e. The molecule has 2 fully saturated rings. The second-order valence-electron chi connectivity index (χ2n) is 8.27. The van der Waals surface area contributed by atoms with Crippen LogP contribution in [0.5, 0.6) is 5.75 Å². The van der Waals surface area contributed by atoms with Crippen molar-refractivity contribution in [3.05, 3.63) is 22.7 Å². The molecule has 0 saturated carbocycles. The van der Waals surface area contributed by atoms with Crippen molar-refractivity contribution in [2.75, 3.05) is 31.6 Å². The molecule has 148 valence electrons. The molecule has 2 heterocycles. The molecule has 0 aliphatic carbocycles. The largest absolute Gasteiger partial charge is 0.495 e. The maximum atomic E-state index is 13.2. The van der Waals surface area contributed by atoms with Crippen molar-refractivity contribution < 1.29 is 19.1 Å². The van der Waals surface area contributed by atoms with Crippen LogP contribution < -0.4 is 9.64 Å². The molecule has 0 aromatic heterocycles. The first-order valence-corrected chi connectivity index (χ1v) is 10.1. The van der Waals surface area contributed by atoms with Crippen molar-refractivity contribution in [2.24, 2.45) is 5.41 Å². The molecule has 6 nitrogen and oxygen atoms in total. The van der Waals surface area contributed by atoms with Crippen molar-refractivity contribution in [3.63, 3.8) is 0 Å². The van der Waals surface area contributed by atoms with Gasteiger partial charge in [0.15, 0.2) is 0 Å². The standard InChI is InChI=1S/C20H27BrN2O4/c1-19(2,3)27-18(25)22-10-7-20(8-11-22)9-12-23(17(20)24)14-5-6-15(21)16(13-14)26-4/h5-6,13H,7-12H2,1-4H3. The third-order valence-electron chi connectivity index (χ3n) is 5.33. The molecule has 3 rings (SSSR count). The highest BCUT2D eigenvalue weighted by molar-refractivity contribution is 9.10. The van der Waals surface area contributed by atoms with Crippen molar-refractivity contribution in [1.29, 1.82) is 0 Å². The number of hydrogen-bond acceptors (Lipinski definition) is 4. The number of carbonyl (C=O) groups is 2. The zero-order chi connectivity index (χ0) is 19.8. The average molecular weight is 439 g/mol. The highest BCUT2D eigenvalue weighted by Crippen LogP contribution is 2.44. The molecule has 2 saturated heterocycles. The fraction of sp³-hybridized carbons (Fsp3) is 0.600. The number of anilines is 1. The lowest BCUT2D eigenvalue weighted by Gasteiger charge is -2.38. The molecule has 0 unspecified atom stereocenters. The highest BCUT2D eigenvalue weighted by Gasteiger charge is 2.49. The predicted octanol–water partition coefficient (Wildman–Crippen LogP) is 4.21. The minimum atomic E-state index is -0.507. The Morgan fingerprint density at radius 1 is 1.15 bits per heavy atom. The number of likely N-dealkylation sites (tertiary alicyclic amines) is 1. The number of amides is 2. The van der Waals surface area contributed by atoms with Crippen LogP contribution in [0.2, 0.25) is 0 Å². The zero-order valence-corrected chi connectivity index (χ0v) is 18.0. The number of rotatable bonds is 2. The summed E-state index contributed by atoms with van der Waals surface area (Å²) in [5.74, 6) is 0.858. The summed E-state index contributed by atoms with van der Waals surface area (Å²) in [6, 6.07) is 5.72. The van der Waals surface area contributed by atoms with Crippen LogP contribution in [0.15, 0.2) is 22.7 Å². The highest BCUT2D eigenvalue weighted by atomic mass is 79.9. The van der Waals surface area contributed by atoms with Crippen molar-refractivity contribution in [2.45, 2.75) is 45.6 Å². The van der Waals surface area contributed by atoms with E-state index >= 15 is 0 Å². The summed E-state index contributed by atoms with van der Waals surface area (Å²) in [7, 11) is 1.61. The van der Waals surface area contributed by atoms with Gasteiger partial charge >= 0.3 is 6.09 Å². The molecule has 0 radical (unpaired) electrons. The number of halogens is 1. The van der Waals surface area contributed by atoms with E-state index in [0.29, 0.717) is 38.2 Å². The SMILES string of the molecule is COc1cc(N2CCC3(CCN(C(=O)OC(C)(C)C)CC3)C2=O)ccc1Br. The maximum absolute atomic E-state index is 13.2. The number of carbonyl (C=O) groups excluding carboxylic acids is 2. The zero-order valence-electron chi connectivity index (χ0n) is 16.4. The van der Waals surface area contributed by atoms with Crippen molar-refractivity contribution >= 4 is 33.6 Å². The topological polar surface area (TPSA) is 59.1 Å². The van der Waals surface area contributed by atoms with Gasteiger partial charge in [0.2, 0.25) is 5.91 Å². The summed E-state index contributed by atoms with van der Waals surface area (Å²) in [5.41, 5.74) is -0.0300. The molecule has 0 N–H and O–H groups in total. The van der Waals surface area contributed by atoms with E-state index in [1.54, 1.807) is 12.0 Å². The Kier molecular flexibility index (Phi) is 5.43. The number of nitrogens with zero attached hydrogens (tertiary/aromatic N) is 2. The molecule has 2 amide bonds. The van der Waals surface area contributed by atoms with Crippen LogP contribution in [0.3, 0.4) is 0 Å². The van der Waals surface area contributed by atoms with Crippen LogP contribution in [-0.4, -0.2) is 49.2 Å². The average Bonchev–Trinajstić information content (AvgIpc) is 2.91. The fourth-order valence-electron chi connectivity index (χ4n) is 3.79. The van der Waals surface area contributed by atoms with Gasteiger partial charge in [0.1, 0.15) is 11.4 Å².